The first-order valence-electron chi connectivity index (χ1n) is 13.8. The van der Waals surface area contributed by atoms with Crippen LogP contribution in [0.3, 0.4) is 0 Å². The van der Waals surface area contributed by atoms with Gasteiger partial charge in [-0.3, -0.25) is 9.59 Å². The van der Waals surface area contributed by atoms with Crippen LogP contribution in [0, 0.1) is 13.8 Å². The fraction of sp³-hybridized carbons (Fsp3) is 0.419. The van der Waals surface area contributed by atoms with Crippen LogP contribution in [-0.4, -0.2) is 67.4 Å². The van der Waals surface area contributed by atoms with Gasteiger partial charge in [0.05, 0.1) is 12.1 Å². The van der Waals surface area contributed by atoms with Crippen molar-refractivity contribution in [3.8, 4) is 17.2 Å². The highest BCUT2D eigenvalue weighted by molar-refractivity contribution is 7.10. The molecule has 2 atom stereocenters. The predicted molar refractivity (Wildman–Crippen MR) is 151 cm³/mol. The quantitative estimate of drug-likeness (QED) is 0.388. The number of hydrogen-bond donors (Lipinski definition) is 0. The molecule has 4 heterocycles. The minimum atomic E-state index is -0.228. The summed E-state index contributed by atoms with van der Waals surface area (Å²) in [5.41, 5.74) is 3.83. The van der Waals surface area contributed by atoms with Gasteiger partial charge in [0.15, 0.2) is 11.5 Å². The summed E-state index contributed by atoms with van der Waals surface area (Å²) in [6.45, 7) is 6.16. The largest absolute Gasteiger partial charge is 0.491 e. The average molecular weight is 563 g/mol. The Morgan fingerprint density at radius 3 is 2.80 bits per heavy atom. The van der Waals surface area contributed by atoms with E-state index in [-0.39, 0.29) is 37.3 Å². The number of hydrogen-bond acceptors (Lipinski definition) is 7. The lowest BCUT2D eigenvalue weighted by atomic mass is 10.00. The number of benzene rings is 2. The Kier molecular flexibility index (Phi) is 7.67. The van der Waals surface area contributed by atoms with Crippen LogP contribution in [0.1, 0.15) is 50.8 Å². The molecule has 0 spiro atoms. The summed E-state index contributed by atoms with van der Waals surface area (Å²) < 4.78 is 23.0. The van der Waals surface area contributed by atoms with Crippen LogP contribution in [0.25, 0.3) is 0 Å². The second-order valence-corrected chi connectivity index (χ2v) is 11.6. The molecule has 1 fully saturated rings. The van der Waals surface area contributed by atoms with Crippen LogP contribution in [-0.2, 0) is 16.0 Å². The van der Waals surface area contributed by atoms with E-state index in [1.807, 2.05) is 24.0 Å². The molecule has 2 amide bonds. The van der Waals surface area contributed by atoms with Crippen LogP contribution in [0.4, 0.5) is 0 Å². The van der Waals surface area contributed by atoms with Gasteiger partial charge in [-0.15, -0.1) is 11.3 Å². The number of aryl methyl sites for hydroxylation is 2. The third kappa shape index (κ3) is 5.53. The number of rotatable bonds is 8. The van der Waals surface area contributed by atoms with Crippen molar-refractivity contribution in [2.75, 3.05) is 39.6 Å². The molecule has 40 heavy (non-hydrogen) atoms. The zero-order chi connectivity index (χ0) is 27.6. The Labute approximate surface area is 238 Å². The minimum Gasteiger partial charge on any atom is -0.491 e. The number of ether oxygens (including phenoxy) is 4. The summed E-state index contributed by atoms with van der Waals surface area (Å²) in [4.78, 5) is 32.5. The van der Waals surface area contributed by atoms with E-state index in [0.717, 1.165) is 36.1 Å². The van der Waals surface area contributed by atoms with Crippen LogP contribution < -0.4 is 14.2 Å². The van der Waals surface area contributed by atoms with E-state index in [0.29, 0.717) is 43.4 Å². The second-order valence-electron chi connectivity index (χ2n) is 10.6. The summed E-state index contributed by atoms with van der Waals surface area (Å²) >= 11 is 1.72. The zero-order valence-electron chi connectivity index (χ0n) is 22.9. The number of nitrogens with zero attached hydrogens (tertiary/aromatic N) is 2. The number of carbonyl (C=O) groups excluding carboxylic acids is 2. The molecule has 0 radical (unpaired) electrons. The maximum absolute atomic E-state index is 14.0. The third-order valence-electron chi connectivity index (χ3n) is 7.82. The highest BCUT2D eigenvalue weighted by Crippen LogP contribution is 2.35. The van der Waals surface area contributed by atoms with E-state index in [1.165, 1.54) is 10.4 Å². The van der Waals surface area contributed by atoms with Crippen LogP contribution in [0.15, 0.2) is 47.8 Å². The molecule has 1 aromatic heterocycles. The highest BCUT2D eigenvalue weighted by Gasteiger charge is 2.35. The molecular weight excluding hydrogens is 528 g/mol. The van der Waals surface area contributed by atoms with Gasteiger partial charge in [-0.05, 0) is 79.9 Å². The molecule has 3 aromatic rings. The maximum Gasteiger partial charge on any atom is 0.254 e. The van der Waals surface area contributed by atoms with Gasteiger partial charge in [-0.1, -0.05) is 17.7 Å². The molecule has 0 aliphatic carbocycles. The number of carbonyl (C=O) groups is 2. The van der Waals surface area contributed by atoms with Crippen molar-refractivity contribution in [1.29, 1.82) is 0 Å². The van der Waals surface area contributed by atoms with Crippen molar-refractivity contribution in [2.45, 2.75) is 45.3 Å². The van der Waals surface area contributed by atoms with Crippen molar-refractivity contribution >= 4 is 23.2 Å². The molecular formula is C31H34N2O6S. The minimum absolute atomic E-state index is 0.0351. The average Bonchev–Trinajstić information content (AvgIpc) is 3.73. The summed E-state index contributed by atoms with van der Waals surface area (Å²) in [6, 6.07) is 13.1. The third-order valence-corrected chi connectivity index (χ3v) is 8.82. The molecule has 8 nitrogen and oxygen atoms in total. The maximum atomic E-state index is 14.0. The van der Waals surface area contributed by atoms with Crippen molar-refractivity contribution in [3.63, 3.8) is 0 Å². The lowest BCUT2D eigenvalue weighted by Gasteiger charge is -2.37. The van der Waals surface area contributed by atoms with E-state index >= 15 is 0 Å². The fourth-order valence-corrected chi connectivity index (χ4v) is 6.65. The van der Waals surface area contributed by atoms with Gasteiger partial charge in [-0.2, -0.15) is 0 Å². The van der Waals surface area contributed by atoms with Gasteiger partial charge in [0, 0.05) is 30.1 Å². The van der Waals surface area contributed by atoms with E-state index in [4.69, 9.17) is 18.9 Å². The second kappa shape index (κ2) is 11.5. The molecule has 0 N–H and O–H groups in total. The summed E-state index contributed by atoms with van der Waals surface area (Å²) in [6.07, 6.45) is 2.53. The zero-order valence-corrected chi connectivity index (χ0v) is 23.7. The molecule has 9 heteroatoms. The van der Waals surface area contributed by atoms with Gasteiger partial charge in [0.25, 0.3) is 5.91 Å². The number of fused-ring (bicyclic) bond motifs is 2. The first-order valence-corrected chi connectivity index (χ1v) is 14.7. The van der Waals surface area contributed by atoms with Crippen LogP contribution in [0.5, 0.6) is 17.2 Å². The Bertz CT molecular complexity index is 1400. The Balaban J connectivity index is 1.22. The van der Waals surface area contributed by atoms with Gasteiger partial charge in [0.1, 0.15) is 18.9 Å². The molecule has 1 saturated heterocycles. The smallest absolute Gasteiger partial charge is 0.254 e. The summed E-state index contributed by atoms with van der Waals surface area (Å²) in [5, 5.41) is 2.08. The topological polar surface area (TPSA) is 77.5 Å². The number of thiophene rings is 1. The molecule has 0 saturated carbocycles. The van der Waals surface area contributed by atoms with Crippen LogP contribution in [0.2, 0.25) is 0 Å². The lowest BCUT2D eigenvalue weighted by molar-refractivity contribution is -0.135. The highest BCUT2D eigenvalue weighted by atomic mass is 32.1. The van der Waals surface area contributed by atoms with Gasteiger partial charge < -0.3 is 28.7 Å². The Morgan fingerprint density at radius 1 is 1.10 bits per heavy atom. The molecule has 3 aliphatic heterocycles. The molecule has 2 aromatic carbocycles. The van der Waals surface area contributed by atoms with E-state index in [1.54, 1.807) is 34.4 Å². The molecule has 6 rings (SSSR count). The predicted octanol–water partition coefficient (Wildman–Crippen LogP) is 4.92. The van der Waals surface area contributed by atoms with Crippen molar-refractivity contribution < 1.29 is 28.5 Å². The van der Waals surface area contributed by atoms with Gasteiger partial charge in [0.2, 0.25) is 12.7 Å². The SMILES string of the molecule is Cc1ccc(OC[C@@H]2c3ccsc3CCN2C(=O)CN(C[C@H]2CCCO2)C(=O)c2ccc3c(c2)OCO3)c(C)c1. The molecule has 210 valence electrons. The van der Waals surface area contributed by atoms with Crippen molar-refractivity contribution in [1.82, 2.24) is 9.80 Å². The standard InChI is InChI=1S/C31H34N2O6S/c1-20-5-7-26(21(2)14-20)37-18-25-24-10-13-40-29(24)9-11-33(25)30(34)17-32(16-23-4-3-12-36-23)31(35)22-6-8-27-28(15-22)39-19-38-27/h5-8,10,13-15,23,25H,3-4,9,11-12,16-19H2,1-2H3/t23-,25-/m1/s1. The summed E-state index contributed by atoms with van der Waals surface area (Å²) in [7, 11) is 0. The van der Waals surface area contributed by atoms with E-state index in [9.17, 15) is 9.59 Å². The fourth-order valence-electron chi connectivity index (χ4n) is 5.72. The first kappa shape index (κ1) is 26.7. The van der Waals surface area contributed by atoms with Crippen LogP contribution >= 0.6 is 11.3 Å². The van der Waals surface area contributed by atoms with E-state index < -0.39 is 0 Å². The Hall–Kier alpha value is -3.56. The molecule has 3 aliphatic rings. The first-order chi connectivity index (χ1) is 19.5. The molecule has 0 unspecified atom stereocenters. The summed E-state index contributed by atoms with van der Waals surface area (Å²) in [5.74, 6) is 1.65. The van der Waals surface area contributed by atoms with Gasteiger partial charge in [-0.25, -0.2) is 0 Å². The number of amides is 2. The van der Waals surface area contributed by atoms with E-state index in [2.05, 4.69) is 24.4 Å². The Morgan fingerprint density at radius 2 is 1.98 bits per heavy atom. The lowest BCUT2D eigenvalue weighted by Crippen LogP contribution is -2.49. The monoisotopic (exact) mass is 562 g/mol. The normalized spacial score (nSPS) is 19.4. The van der Waals surface area contributed by atoms with Crippen molar-refractivity contribution in [2.24, 2.45) is 0 Å². The molecule has 0 bridgehead atoms. The van der Waals surface area contributed by atoms with Gasteiger partial charge >= 0.3 is 0 Å². The van der Waals surface area contributed by atoms with Crippen molar-refractivity contribution in [3.05, 3.63) is 75.0 Å².